The first kappa shape index (κ1) is 13.3. The highest BCUT2D eigenvalue weighted by Gasteiger charge is 2.13. The van der Waals surface area contributed by atoms with Crippen LogP contribution in [0.3, 0.4) is 0 Å². The van der Waals surface area contributed by atoms with Gasteiger partial charge in [-0.3, -0.25) is 0 Å². The van der Waals surface area contributed by atoms with Gasteiger partial charge in [0.25, 0.3) is 0 Å². The Labute approximate surface area is 113 Å². The molecule has 1 heterocycles. The van der Waals surface area contributed by atoms with E-state index in [0.717, 1.165) is 0 Å². The number of aromatic carboxylic acids is 1. The maximum absolute atomic E-state index is 13.2. The normalized spacial score (nSPS) is 10.2. The summed E-state index contributed by atoms with van der Waals surface area (Å²) < 4.78 is 18.5. The number of halogens is 2. The van der Waals surface area contributed by atoms with Crippen LogP contribution in [0.4, 0.5) is 4.39 Å². The van der Waals surface area contributed by atoms with Crippen LogP contribution >= 0.6 is 11.6 Å². The third-order valence-corrected chi connectivity index (χ3v) is 2.81. The minimum absolute atomic E-state index is 0.0386. The van der Waals surface area contributed by atoms with Crippen molar-refractivity contribution in [2.24, 2.45) is 0 Å². The van der Waals surface area contributed by atoms with Gasteiger partial charge in [-0.05, 0) is 18.2 Å². The van der Waals surface area contributed by atoms with Crippen molar-refractivity contribution in [2.45, 2.75) is 6.61 Å². The standard InChI is InChI=1S/C13H9ClFNO3/c14-11-8(3-1-4-9(11)15)7-19-10-5-2-6-16-12(10)13(17)18/h1-6H,7H2,(H,17,18). The Morgan fingerprint density at radius 3 is 2.89 bits per heavy atom. The van der Waals surface area contributed by atoms with E-state index in [1.807, 2.05) is 0 Å². The van der Waals surface area contributed by atoms with Crippen LogP contribution in [0.2, 0.25) is 5.02 Å². The van der Waals surface area contributed by atoms with E-state index in [1.165, 1.54) is 24.4 Å². The zero-order chi connectivity index (χ0) is 13.8. The molecule has 0 saturated heterocycles. The summed E-state index contributed by atoms with van der Waals surface area (Å²) in [6.45, 7) is -0.0391. The van der Waals surface area contributed by atoms with Gasteiger partial charge in [0, 0.05) is 11.8 Å². The van der Waals surface area contributed by atoms with Crippen molar-refractivity contribution in [3.05, 3.63) is 58.6 Å². The van der Waals surface area contributed by atoms with Gasteiger partial charge in [0.2, 0.25) is 0 Å². The average Bonchev–Trinajstić information content (AvgIpc) is 2.40. The van der Waals surface area contributed by atoms with E-state index >= 15 is 0 Å². The topological polar surface area (TPSA) is 59.4 Å². The van der Waals surface area contributed by atoms with E-state index in [2.05, 4.69) is 4.98 Å². The molecule has 2 aromatic rings. The maximum Gasteiger partial charge on any atom is 0.358 e. The van der Waals surface area contributed by atoms with Crippen molar-refractivity contribution < 1.29 is 19.0 Å². The number of benzene rings is 1. The number of carboxylic acid groups (broad SMARTS) is 1. The van der Waals surface area contributed by atoms with E-state index < -0.39 is 11.8 Å². The number of carboxylic acids is 1. The zero-order valence-corrected chi connectivity index (χ0v) is 10.4. The SMILES string of the molecule is O=C(O)c1ncccc1OCc1cccc(F)c1Cl. The fourth-order valence-electron chi connectivity index (χ4n) is 1.48. The van der Waals surface area contributed by atoms with Gasteiger partial charge >= 0.3 is 5.97 Å². The van der Waals surface area contributed by atoms with Gasteiger partial charge in [0.1, 0.15) is 12.4 Å². The molecule has 19 heavy (non-hydrogen) atoms. The number of rotatable bonds is 4. The van der Waals surface area contributed by atoms with Crippen molar-refractivity contribution in [3.8, 4) is 5.75 Å². The van der Waals surface area contributed by atoms with Crippen LogP contribution in [0.25, 0.3) is 0 Å². The fourth-order valence-corrected chi connectivity index (χ4v) is 1.66. The summed E-state index contributed by atoms with van der Waals surface area (Å²) in [6, 6.07) is 7.36. The maximum atomic E-state index is 13.2. The molecular weight excluding hydrogens is 273 g/mol. The van der Waals surface area contributed by atoms with Crippen LogP contribution in [0, 0.1) is 5.82 Å². The van der Waals surface area contributed by atoms with Gasteiger partial charge in [-0.25, -0.2) is 14.2 Å². The molecule has 0 amide bonds. The molecule has 98 valence electrons. The van der Waals surface area contributed by atoms with Gasteiger partial charge in [-0.15, -0.1) is 0 Å². The Morgan fingerprint density at radius 2 is 2.16 bits per heavy atom. The second-order valence-electron chi connectivity index (χ2n) is 3.66. The molecule has 0 spiro atoms. The molecule has 0 aliphatic carbocycles. The van der Waals surface area contributed by atoms with Crippen LogP contribution in [0.1, 0.15) is 16.1 Å². The molecule has 0 unspecified atom stereocenters. The van der Waals surface area contributed by atoms with E-state index in [9.17, 15) is 9.18 Å². The van der Waals surface area contributed by atoms with Crippen LogP contribution in [0.5, 0.6) is 5.75 Å². The van der Waals surface area contributed by atoms with Gasteiger partial charge in [-0.1, -0.05) is 23.7 Å². The Bertz CT molecular complexity index is 619. The lowest BCUT2D eigenvalue weighted by atomic mass is 10.2. The summed E-state index contributed by atoms with van der Waals surface area (Å²) in [7, 11) is 0. The highest BCUT2D eigenvalue weighted by molar-refractivity contribution is 6.31. The summed E-state index contributed by atoms with van der Waals surface area (Å²) in [5.41, 5.74) is 0.233. The molecule has 0 saturated carbocycles. The van der Waals surface area contributed by atoms with Crippen LogP contribution < -0.4 is 4.74 Å². The van der Waals surface area contributed by atoms with Crippen molar-refractivity contribution >= 4 is 17.6 Å². The van der Waals surface area contributed by atoms with Crippen molar-refractivity contribution in [1.82, 2.24) is 4.98 Å². The third kappa shape index (κ3) is 3.00. The number of nitrogens with zero attached hydrogens (tertiary/aromatic N) is 1. The summed E-state index contributed by atoms with van der Waals surface area (Å²) in [4.78, 5) is 14.6. The smallest absolute Gasteiger partial charge is 0.358 e. The van der Waals surface area contributed by atoms with Crippen LogP contribution in [0.15, 0.2) is 36.5 Å². The molecule has 0 radical (unpaired) electrons. The van der Waals surface area contributed by atoms with E-state index in [-0.39, 0.29) is 23.1 Å². The number of carbonyl (C=O) groups is 1. The van der Waals surface area contributed by atoms with Gasteiger partial charge < -0.3 is 9.84 Å². The van der Waals surface area contributed by atoms with Crippen LogP contribution in [-0.2, 0) is 6.61 Å². The molecular formula is C13H9ClFNO3. The molecule has 0 aliphatic heterocycles. The van der Waals surface area contributed by atoms with Gasteiger partial charge in [0.05, 0.1) is 5.02 Å². The van der Waals surface area contributed by atoms with E-state index in [0.29, 0.717) is 5.56 Å². The monoisotopic (exact) mass is 281 g/mol. The summed E-state index contributed by atoms with van der Waals surface area (Å²) in [5.74, 6) is -1.64. The van der Waals surface area contributed by atoms with E-state index in [1.54, 1.807) is 12.1 Å². The minimum Gasteiger partial charge on any atom is -0.486 e. The molecule has 0 bridgehead atoms. The average molecular weight is 282 g/mol. The number of hydrogen-bond donors (Lipinski definition) is 1. The predicted octanol–water partition coefficient (Wildman–Crippen LogP) is 3.15. The largest absolute Gasteiger partial charge is 0.486 e. The molecule has 0 atom stereocenters. The van der Waals surface area contributed by atoms with Crippen molar-refractivity contribution in [3.63, 3.8) is 0 Å². The summed E-state index contributed by atoms with van der Waals surface area (Å²) in [6.07, 6.45) is 1.35. The Hall–Kier alpha value is -2.14. The number of aromatic nitrogens is 1. The highest BCUT2D eigenvalue weighted by atomic mass is 35.5. The Morgan fingerprint density at radius 1 is 1.37 bits per heavy atom. The molecule has 1 N–H and O–H groups in total. The molecule has 1 aromatic heterocycles. The second kappa shape index (κ2) is 5.67. The molecule has 1 aromatic carbocycles. The minimum atomic E-state index is -1.19. The van der Waals surface area contributed by atoms with Gasteiger partial charge in [0.15, 0.2) is 11.4 Å². The van der Waals surface area contributed by atoms with E-state index in [4.69, 9.17) is 21.4 Å². The lowest BCUT2D eigenvalue weighted by molar-refractivity contribution is 0.0685. The third-order valence-electron chi connectivity index (χ3n) is 2.39. The first-order chi connectivity index (χ1) is 9.09. The number of ether oxygens (including phenoxy) is 1. The molecule has 2 rings (SSSR count). The molecule has 0 fully saturated rings. The quantitative estimate of drug-likeness (QED) is 0.935. The lowest BCUT2D eigenvalue weighted by Crippen LogP contribution is -2.06. The van der Waals surface area contributed by atoms with Crippen molar-refractivity contribution in [2.75, 3.05) is 0 Å². The molecule has 0 aliphatic rings. The highest BCUT2D eigenvalue weighted by Crippen LogP contribution is 2.22. The second-order valence-corrected chi connectivity index (χ2v) is 4.03. The summed E-state index contributed by atoms with van der Waals surface area (Å²) >= 11 is 5.77. The first-order valence-electron chi connectivity index (χ1n) is 5.33. The molecule has 4 nitrogen and oxygen atoms in total. The Balaban J connectivity index is 2.19. The lowest BCUT2D eigenvalue weighted by Gasteiger charge is -2.09. The first-order valence-corrected chi connectivity index (χ1v) is 5.71. The zero-order valence-electron chi connectivity index (χ0n) is 9.64. The summed E-state index contributed by atoms with van der Waals surface area (Å²) in [5, 5.41) is 8.89. The predicted molar refractivity (Wildman–Crippen MR) is 66.9 cm³/mol. The van der Waals surface area contributed by atoms with Crippen LogP contribution in [-0.4, -0.2) is 16.1 Å². The number of pyridine rings is 1. The van der Waals surface area contributed by atoms with Crippen molar-refractivity contribution in [1.29, 1.82) is 0 Å². The fraction of sp³-hybridized carbons (Fsp3) is 0.0769. The Kier molecular flexibility index (Phi) is 3.97. The molecule has 6 heteroatoms. The number of hydrogen-bond acceptors (Lipinski definition) is 3. The van der Waals surface area contributed by atoms with Gasteiger partial charge in [-0.2, -0.15) is 0 Å².